The van der Waals surface area contributed by atoms with Gasteiger partial charge >= 0.3 is 11.9 Å². The van der Waals surface area contributed by atoms with Gasteiger partial charge in [0.1, 0.15) is 5.75 Å². The van der Waals surface area contributed by atoms with Gasteiger partial charge in [-0.15, -0.1) is 0 Å². The van der Waals surface area contributed by atoms with Crippen LogP contribution in [0.4, 0.5) is 0 Å². The van der Waals surface area contributed by atoms with Crippen molar-refractivity contribution in [2.45, 2.75) is 110 Å². The number of aliphatic carboxylic acids is 2. The highest BCUT2D eigenvalue weighted by Gasteiger charge is 2.21. The molecule has 3 rings (SSSR count). The van der Waals surface area contributed by atoms with Crippen molar-refractivity contribution in [1.29, 1.82) is 0 Å². The molecule has 0 saturated carbocycles. The SMILES string of the molecule is CCCCCCCCCCCCCCCC(=O)O.COc1ccc2c(c1)c(CC(=O)O)c(C)n2C(=O)c1ccc(Cl)cc1.NCCO. The molecule has 1 aromatic heterocycles. The zero-order valence-corrected chi connectivity index (χ0v) is 29.2. The lowest BCUT2D eigenvalue weighted by molar-refractivity contribution is -0.137. The Labute approximate surface area is 285 Å². The predicted octanol–water partition coefficient (Wildman–Crippen LogP) is 8.42. The monoisotopic (exact) mass is 674 g/mol. The number of carbonyl (C=O) groups excluding carboxylic acids is 1. The Balaban J connectivity index is 0.000000443. The van der Waals surface area contributed by atoms with Gasteiger partial charge in [0.2, 0.25) is 0 Å². The van der Waals surface area contributed by atoms with Gasteiger partial charge in [-0.2, -0.15) is 0 Å². The molecule has 0 spiro atoms. The Morgan fingerprint density at radius 1 is 0.809 bits per heavy atom. The van der Waals surface area contributed by atoms with Crippen LogP contribution >= 0.6 is 11.6 Å². The molecule has 0 unspecified atom stereocenters. The number of rotatable bonds is 19. The molecule has 262 valence electrons. The standard InChI is InChI=1S/C19H16ClNO4.C16H32O2.C2H7NO/c1-11-15(10-18(22)23)16-9-14(25-2)7-8-17(16)21(11)19(24)12-3-5-13(20)6-4-12;1-2-3-4-5-6-7-8-9-10-11-12-13-14-15-16(17)18;3-1-2-4/h3-9H,10H2,1-2H3,(H,22,23);2-15H2,1H3,(H,17,18);4H,1-3H2. The van der Waals surface area contributed by atoms with E-state index in [0.29, 0.717) is 51.5 Å². The molecule has 0 fully saturated rings. The van der Waals surface area contributed by atoms with E-state index < -0.39 is 11.9 Å². The van der Waals surface area contributed by atoms with Gasteiger partial charge in [0.25, 0.3) is 5.91 Å². The molecule has 0 aliphatic heterocycles. The molecule has 0 atom stereocenters. The van der Waals surface area contributed by atoms with Crippen molar-refractivity contribution in [3.05, 3.63) is 64.3 Å². The van der Waals surface area contributed by atoms with Crippen molar-refractivity contribution in [1.82, 2.24) is 4.57 Å². The first-order valence-electron chi connectivity index (χ1n) is 16.8. The molecular weight excluding hydrogens is 620 g/mol. The first kappa shape index (κ1) is 41.6. The third-order valence-corrected chi connectivity index (χ3v) is 8.04. The molecule has 0 bridgehead atoms. The first-order chi connectivity index (χ1) is 22.6. The minimum Gasteiger partial charge on any atom is -0.497 e. The number of halogens is 1. The minimum absolute atomic E-state index is 0.0972. The second kappa shape index (κ2) is 24.7. The fourth-order valence-corrected chi connectivity index (χ4v) is 5.37. The minimum atomic E-state index is -0.955. The van der Waals surface area contributed by atoms with Crippen molar-refractivity contribution in [2.24, 2.45) is 5.73 Å². The van der Waals surface area contributed by atoms with E-state index in [1.165, 1.54) is 75.2 Å². The number of hydrogen-bond acceptors (Lipinski definition) is 6. The lowest BCUT2D eigenvalue weighted by Gasteiger charge is -2.08. The highest BCUT2D eigenvalue weighted by Crippen LogP contribution is 2.31. The molecule has 3 aromatic rings. The maximum absolute atomic E-state index is 13.0. The summed E-state index contributed by atoms with van der Waals surface area (Å²) in [6.45, 7) is 4.48. The molecule has 1 heterocycles. The normalized spacial score (nSPS) is 10.5. The average Bonchev–Trinajstić information content (AvgIpc) is 3.32. The Kier molecular flexibility index (Phi) is 21.9. The molecule has 47 heavy (non-hydrogen) atoms. The molecule has 9 nitrogen and oxygen atoms in total. The third kappa shape index (κ3) is 16.3. The number of aliphatic hydroxyl groups is 1. The number of aromatic nitrogens is 1. The number of benzene rings is 2. The van der Waals surface area contributed by atoms with Crippen LogP contribution in [0.25, 0.3) is 10.9 Å². The van der Waals surface area contributed by atoms with Crippen LogP contribution in [0, 0.1) is 6.92 Å². The maximum Gasteiger partial charge on any atom is 0.307 e. The van der Waals surface area contributed by atoms with Crippen molar-refractivity contribution >= 4 is 40.3 Å². The highest BCUT2D eigenvalue weighted by molar-refractivity contribution is 6.30. The Hall–Kier alpha value is -3.40. The third-order valence-electron chi connectivity index (χ3n) is 7.79. The summed E-state index contributed by atoms with van der Waals surface area (Å²) in [4.78, 5) is 34.6. The molecule has 10 heteroatoms. The van der Waals surface area contributed by atoms with Crippen LogP contribution in [0.5, 0.6) is 5.75 Å². The largest absolute Gasteiger partial charge is 0.497 e. The number of carboxylic acids is 2. The number of aliphatic hydroxyl groups excluding tert-OH is 1. The van der Waals surface area contributed by atoms with Gasteiger partial charge in [-0.1, -0.05) is 95.6 Å². The number of hydrogen-bond donors (Lipinski definition) is 4. The summed E-state index contributed by atoms with van der Waals surface area (Å²) in [5.74, 6) is -1.24. The van der Waals surface area contributed by atoms with E-state index in [2.05, 4.69) is 6.92 Å². The highest BCUT2D eigenvalue weighted by atomic mass is 35.5. The summed E-state index contributed by atoms with van der Waals surface area (Å²) in [7, 11) is 1.54. The quantitative estimate of drug-likeness (QED) is 0.0925. The van der Waals surface area contributed by atoms with E-state index in [0.717, 1.165) is 12.8 Å². The Morgan fingerprint density at radius 3 is 1.77 bits per heavy atom. The van der Waals surface area contributed by atoms with Gasteiger partial charge in [-0.05, 0) is 61.4 Å². The zero-order valence-electron chi connectivity index (χ0n) is 28.4. The number of carboxylic acid groups (broad SMARTS) is 2. The molecule has 0 aliphatic rings. The average molecular weight is 675 g/mol. The van der Waals surface area contributed by atoms with Crippen LogP contribution in [0.1, 0.15) is 118 Å². The van der Waals surface area contributed by atoms with Crippen LogP contribution in [0.15, 0.2) is 42.5 Å². The second-order valence-electron chi connectivity index (χ2n) is 11.6. The number of nitrogens with zero attached hydrogens (tertiary/aromatic N) is 1. The number of ether oxygens (including phenoxy) is 1. The van der Waals surface area contributed by atoms with Crippen molar-refractivity contribution in [3.63, 3.8) is 0 Å². The van der Waals surface area contributed by atoms with Crippen LogP contribution in [-0.2, 0) is 16.0 Å². The van der Waals surface area contributed by atoms with Gasteiger partial charge in [0.05, 0.1) is 25.7 Å². The summed E-state index contributed by atoms with van der Waals surface area (Å²) < 4.78 is 6.77. The van der Waals surface area contributed by atoms with Crippen molar-refractivity contribution in [2.75, 3.05) is 20.3 Å². The molecular formula is C37H55ClN2O7. The van der Waals surface area contributed by atoms with Crippen LogP contribution in [-0.4, -0.2) is 58.0 Å². The maximum atomic E-state index is 13.0. The first-order valence-corrected chi connectivity index (χ1v) is 17.2. The smallest absolute Gasteiger partial charge is 0.307 e. The van der Waals surface area contributed by atoms with E-state index >= 15 is 0 Å². The molecule has 0 saturated heterocycles. The second-order valence-corrected chi connectivity index (χ2v) is 12.0. The van der Waals surface area contributed by atoms with E-state index in [-0.39, 0.29) is 18.9 Å². The van der Waals surface area contributed by atoms with Crippen molar-refractivity contribution < 1.29 is 34.4 Å². The summed E-state index contributed by atoms with van der Waals surface area (Å²) >= 11 is 5.89. The number of carbonyl (C=O) groups is 3. The molecule has 2 aromatic carbocycles. The summed E-state index contributed by atoms with van der Waals surface area (Å²) in [5.41, 5.74) is 7.10. The van der Waals surface area contributed by atoms with Gasteiger partial charge in [0.15, 0.2) is 0 Å². The van der Waals surface area contributed by atoms with Crippen LogP contribution in [0.3, 0.4) is 0 Å². The topological polar surface area (TPSA) is 152 Å². The van der Waals surface area contributed by atoms with Gasteiger partial charge in [-0.3, -0.25) is 19.0 Å². The lowest BCUT2D eigenvalue weighted by Crippen LogP contribution is -2.14. The fourth-order valence-electron chi connectivity index (χ4n) is 5.24. The van der Waals surface area contributed by atoms with Gasteiger partial charge in [0, 0.05) is 34.6 Å². The van der Waals surface area contributed by atoms with E-state index in [1.54, 1.807) is 56.5 Å². The molecule has 0 aliphatic carbocycles. The Bertz CT molecular complexity index is 1340. The summed E-state index contributed by atoms with van der Waals surface area (Å²) in [6, 6.07) is 11.9. The number of methoxy groups -OCH3 is 1. The summed E-state index contributed by atoms with van der Waals surface area (Å²) in [6.07, 6.45) is 17.1. The van der Waals surface area contributed by atoms with Gasteiger partial charge in [-0.25, -0.2) is 0 Å². The fraction of sp³-hybridized carbons (Fsp3) is 0.541. The molecule has 0 radical (unpaired) electrons. The van der Waals surface area contributed by atoms with E-state index in [9.17, 15) is 19.5 Å². The zero-order chi connectivity index (χ0) is 35.0. The van der Waals surface area contributed by atoms with Crippen LogP contribution in [0.2, 0.25) is 5.02 Å². The number of nitrogens with two attached hydrogens (primary N) is 1. The molecule has 0 amide bonds. The number of fused-ring (bicyclic) bond motifs is 1. The Morgan fingerprint density at radius 2 is 1.32 bits per heavy atom. The van der Waals surface area contributed by atoms with Crippen molar-refractivity contribution in [3.8, 4) is 5.75 Å². The molecule has 5 N–H and O–H groups in total. The van der Waals surface area contributed by atoms with Crippen LogP contribution < -0.4 is 10.5 Å². The lowest BCUT2D eigenvalue weighted by atomic mass is 10.0. The van der Waals surface area contributed by atoms with Gasteiger partial charge < -0.3 is 25.8 Å². The van der Waals surface area contributed by atoms with E-state index in [4.69, 9.17) is 32.3 Å². The number of unbranched alkanes of at least 4 members (excludes halogenated alkanes) is 12. The predicted molar refractivity (Wildman–Crippen MR) is 190 cm³/mol. The van der Waals surface area contributed by atoms with E-state index in [1.807, 2.05) is 0 Å². The summed E-state index contributed by atoms with van der Waals surface area (Å²) in [5, 5.41) is 26.7.